The number of anilines is 2. The Morgan fingerprint density at radius 3 is 2.63 bits per heavy atom. The van der Waals surface area contributed by atoms with Gasteiger partial charge in [0, 0.05) is 29.4 Å². The van der Waals surface area contributed by atoms with Gasteiger partial charge in [-0.2, -0.15) is 0 Å². The second-order valence-electron chi connectivity index (χ2n) is 6.25. The molecular weight excluding hydrogens is 360 g/mol. The van der Waals surface area contributed by atoms with E-state index in [1.165, 1.54) is 6.92 Å². The van der Waals surface area contributed by atoms with Gasteiger partial charge in [-0.1, -0.05) is 6.07 Å². The van der Waals surface area contributed by atoms with E-state index in [2.05, 4.69) is 15.6 Å². The topological polar surface area (TPSA) is 74.3 Å². The van der Waals surface area contributed by atoms with E-state index in [4.69, 9.17) is 0 Å². The summed E-state index contributed by atoms with van der Waals surface area (Å²) in [5, 5.41) is 8.15. The van der Waals surface area contributed by atoms with Crippen LogP contribution in [0.5, 0.6) is 0 Å². The van der Waals surface area contributed by atoms with Gasteiger partial charge in [-0.3, -0.25) is 14.6 Å². The van der Waals surface area contributed by atoms with Crippen molar-refractivity contribution in [3.8, 4) is 0 Å². The molecule has 2 aromatic heterocycles. The Balaban J connectivity index is 1.61. The molecule has 1 aliphatic rings. The summed E-state index contributed by atoms with van der Waals surface area (Å²) < 4.78 is 0. The normalized spacial score (nSPS) is 15.5. The molecule has 2 N–H and O–H groups in total. The maximum Gasteiger partial charge on any atom is 0.258 e. The molecule has 6 nitrogen and oxygen atoms in total. The van der Waals surface area contributed by atoms with E-state index in [0.29, 0.717) is 12.1 Å². The maximum atomic E-state index is 12.9. The number of carbonyl (C=O) groups excluding carboxylic acids is 2. The van der Waals surface area contributed by atoms with Crippen LogP contribution in [-0.4, -0.2) is 21.7 Å². The van der Waals surface area contributed by atoms with Gasteiger partial charge in [0.05, 0.1) is 17.8 Å². The second kappa shape index (κ2) is 7.20. The molecule has 0 saturated heterocycles. The van der Waals surface area contributed by atoms with Crippen LogP contribution in [0.2, 0.25) is 0 Å². The highest BCUT2D eigenvalue weighted by molar-refractivity contribution is 7.09. The molecule has 0 saturated carbocycles. The summed E-state index contributed by atoms with van der Waals surface area (Å²) in [6.45, 7) is 2.00. The molecule has 3 aromatic rings. The van der Waals surface area contributed by atoms with Crippen LogP contribution in [0.3, 0.4) is 0 Å². The first kappa shape index (κ1) is 17.2. The first-order valence-electron chi connectivity index (χ1n) is 8.54. The quantitative estimate of drug-likeness (QED) is 0.707. The monoisotopic (exact) mass is 378 g/mol. The van der Waals surface area contributed by atoms with Gasteiger partial charge in [0.2, 0.25) is 5.91 Å². The van der Waals surface area contributed by atoms with Crippen LogP contribution in [0.25, 0.3) is 0 Å². The summed E-state index contributed by atoms with van der Waals surface area (Å²) in [7, 11) is 0. The zero-order valence-electron chi connectivity index (χ0n) is 14.7. The van der Waals surface area contributed by atoms with Crippen molar-refractivity contribution < 1.29 is 9.59 Å². The number of thiophene rings is 1. The van der Waals surface area contributed by atoms with Crippen molar-refractivity contribution in [2.75, 3.05) is 10.6 Å². The van der Waals surface area contributed by atoms with E-state index < -0.39 is 0 Å². The summed E-state index contributed by atoms with van der Waals surface area (Å²) in [6, 6.07) is 15.0. The third kappa shape index (κ3) is 3.54. The average molecular weight is 378 g/mol. The number of hydrogen-bond donors (Lipinski definition) is 2. The zero-order valence-corrected chi connectivity index (χ0v) is 15.5. The lowest BCUT2D eigenvalue weighted by Gasteiger charge is -2.26. The van der Waals surface area contributed by atoms with Gasteiger partial charge < -0.3 is 15.5 Å². The molecule has 0 aliphatic carbocycles. The first-order valence-corrected chi connectivity index (χ1v) is 9.42. The second-order valence-corrected chi connectivity index (χ2v) is 7.29. The molecule has 1 aliphatic heterocycles. The number of benzene rings is 1. The summed E-state index contributed by atoms with van der Waals surface area (Å²) in [5.41, 5.74) is 2.92. The predicted octanol–water partition coefficient (Wildman–Crippen LogP) is 3.87. The fraction of sp³-hybridized carbons (Fsp3) is 0.150. The van der Waals surface area contributed by atoms with E-state index in [1.54, 1.807) is 28.5 Å². The molecule has 0 spiro atoms. The Morgan fingerprint density at radius 2 is 1.93 bits per heavy atom. The van der Waals surface area contributed by atoms with Gasteiger partial charge in [0.25, 0.3) is 5.91 Å². The van der Waals surface area contributed by atoms with Crippen molar-refractivity contribution in [1.29, 1.82) is 0 Å². The fourth-order valence-electron chi connectivity index (χ4n) is 3.13. The highest BCUT2D eigenvalue weighted by Gasteiger charge is 2.38. The molecule has 27 heavy (non-hydrogen) atoms. The molecule has 4 rings (SSSR count). The smallest absolute Gasteiger partial charge is 0.258 e. The third-order valence-corrected chi connectivity index (χ3v) is 5.18. The largest absolute Gasteiger partial charge is 0.360 e. The van der Waals surface area contributed by atoms with E-state index in [1.807, 2.05) is 47.8 Å². The first-order chi connectivity index (χ1) is 13.1. The van der Waals surface area contributed by atoms with E-state index in [9.17, 15) is 9.59 Å². The van der Waals surface area contributed by atoms with E-state index >= 15 is 0 Å². The number of aromatic nitrogens is 1. The van der Waals surface area contributed by atoms with Crippen LogP contribution in [0.15, 0.2) is 60.1 Å². The van der Waals surface area contributed by atoms with Crippen LogP contribution < -0.4 is 10.6 Å². The highest BCUT2D eigenvalue weighted by Crippen LogP contribution is 2.34. The average Bonchev–Trinajstić information content (AvgIpc) is 3.26. The number of amides is 2. The lowest BCUT2D eigenvalue weighted by Crippen LogP contribution is -2.31. The minimum atomic E-state index is -0.345. The number of pyridine rings is 1. The lowest BCUT2D eigenvalue weighted by atomic mass is 10.2. The molecule has 3 heterocycles. The standard InChI is InChI=1S/C20H18N4O2S/c1-13(25)22-14-6-8-15(9-7-14)23-19-18-17(5-2-10-21-18)20(26)24(19)12-16-4-3-11-27-16/h2-11,19,23H,12H2,1H3,(H,22,25)/t19-/m0/s1. The van der Waals surface area contributed by atoms with Gasteiger partial charge in [-0.25, -0.2) is 0 Å². The summed E-state index contributed by atoms with van der Waals surface area (Å²) >= 11 is 1.62. The Morgan fingerprint density at radius 1 is 1.15 bits per heavy atom. The molecule has 7 heteroatoms. The molecule has 0 bridgehead atoms. The van der Waals surface area contributed by atoms with Gasteiger partial charge in [-0.05, 0) is 47.8 Å². The highest BCUT2D eigenvalue weighted by atomic mass is 32.1. The molecule has 0 radical (unpaired) electrons. The van der Waals surface area contributed by atoms with Crippen LogP contribution in [0.4, 0.5) is 11.4 Å². The van der Waals surface area contributed by atoms with Crippen molar-refractivity contribution in [1.82, 2.24) is 9.88 Å². The number of hydrogen-bond acceptors (Lipinski definition) is 5. The number of rotatable bonds is 5. The van der Waals surface area contributed by atoms with Crippen molar-refractivity contribution in [3.63, 3.8) is 0 Å². The van der Waals surface area contributed by atoms with Gasteiger partial charge in [0.1, 0.15) is 6.17 Å². The Labute approximate surface area is 160 Å². The molecule has 0 fully saturated rings. The minimum Gasteiger partial charge on any atom is -0.360 e. The van der Waals surface area contributed by atoms with Crippen molar-refractivity contribution in [2.24, 2.45) is 0 Å². The van der Waals surface area contributed by atoms with E-state index in [-0.39, 0.29) is 18.0 Å². The van der Waals surface area contributed by atoms with Crippen molar-refractivity contribution in [2.45, 2.75) is 19.6 Å². The third-order valence-electron chi connectivity index (χ3n) is 4.32. The summed E-state index contributed by atoms with van der Waals surface area (Å²) in [5.74, 6) is -0.142. The van der Waals surface area contributed by atoms with E-state index in [0.717, 1.165) is 21.9 Å². The zero-order chi connectivity index (χ0) is 18.8. The van der Waals surface area contributed by atoms with Crippen LogP contribution in [-0.2, 0) is 11.3 Å². The SMILES string of the molecule is CC(=O)Nc1ccc(N[C@@H]2c3ncccc3C(=O)N2Cc2cccs2)cc1. The molecule has 136 valence electrons. The number of carbonyl (C=O) groups is 2. The van der Waals surface area contributed by atoms with Gasteiger partial charge in [-0.15, -0.1) is 11.3 Å². The van der Waals surface area contributed by atoms with Gasteiger partial charge >= 0.3 is 0 Å². The number of nitrogens with zero attached hydrogens (tertiary/aromatic N) is 2. The Hall–Kier alpha value is -3.19. The fourth-order valence-corrected chi connectivity index (χ4v) is 3.83. The van der Waals surface area contributed by atoms with Crippen LogP contribution in [0, 0.1) is 0 Å². The van der Waals surface area contributed by atoms with Crippen molar-refractivity contribution >= 4 is 34.5 Å². The summed E-state index contributed by atoms with van der Waals surface area (Å²) in [6.07, 6.45) is 1.36. The number of fused-ring (bicyclic) bond motifs is 1. The predicted molar refractivity (Wildman–Crippen MR) is 106 cm³/mol. The van der Waals surface area contributed by atoms with Gasteiger partial charge in [0.15, 0.2) is 0 Å². The molecular formula is C20H18N4O2S. The van der Waals surface area contributed by atoms with Crippen LogP contribution >= 0.6 is 11.3 Å². The Bertz CT molecular complexity index is 970. The molecule has 1 aromatic carbocycles. The number of nitrogens with one attached hydrogen (secondary N) is 2. The van der Waals surface area contributed by atoms with Crippen LogP contribution in [0.1, 0.15) is 34.0 Å². The summed E-state index contributed by atoms with van der Waals surface area (Å²) in [4.78, 5) is 31.4. The minimum absolute atomic E-state index is 0.0288. The molecule has 2 amide bonds. The Kier molecular flexibility index (Phi) is 4.60. The van der Waals surface area contributed by atoms with Crippen molar-refractivity contribution in [3.05, 3.63) is 76.2 Å². The molecule has 1 atom stereocenters. The lowest BCUT2D eigenvalue weighted by molar-refractivity contribution is -0.114. The molecule has 0 unspecified atom stereocenters. The maximum absolute atomic E-state index is 12.9.